The highest BCUT2D eigenvalue weighted by atomic mass is 35.5. The third-order valence-electron chi connectivity index (χ3n) is 2.67. The van der Waals surface area contributed by atoms with Gasteiger partial charge in [-0.1, -0.05) is 11.6 Å². The maximum atomic E-state index is 6.09. The molecule has 0 atom stereocenters. The Balaban J connectivity index is 2.29. The van der Waals surface area contributed by atoms with Gasteiger partial charge in [0.15, 0.2) is 0 Å². The lowest BCUT2D eigenvalue weighted by atomic mass is 10.1. The molecular formula is C13H9ClN2S. The smallest absolute Gasteiger partial charge is 0.132 e. The van der Waals surface area contributed by atoms with E-state index in [1.54, 1.807) is 23.7 Å². The van der Waals surface area contributed by atoms with E-state index in [2.05, 4.69) is 21.4 Å². The molecule has 0 aliphatic rings. The number of halogens is 1. The van der Waals surface area contributed by atoms with Crippen LogP contribution in [0.3, 0.4) is 0 Å². The molecule has 0 saturated heterocycles. The van der Waals surface area contributed by atoms with Gasteiger partial charge in [-0.3, -0.25) is 4.98 Å². The largest absolute Gasteiger partial charge is 0.265 e. The predicted octanol–water partition coefficient (Wildman–Crippen LogP) is 4.32. The predicted molar refractivity (Wildman–Crippen MR) is 72.6 cm³/mol. The highest BCUT2D eigenvalue weighted by Gasteiger charge is 2.09. The monoisotopic (exact) mass is 260 g/mol. The molecule has 3 aromatic heterocycles. The molecule has 3 heterocycles. The van der Waals surface area contributed by atoms with Crippen molar-refractivity contribution in [2.45, 2.75) is 6.92 Å². The number of thiophene rings is 1. The standard InChI is InChI=1S/C13H9ClN2S/c1-8-6-11-12(16-13(8)14)10(7-17-11)9-2-4-15-5-3-9/h2-7H,1H3. The summed E-state index contributed by atoms with van der Waals surface area (Å²) in [5.41, 5.74) is 4.23. The van der Waals surface area contributed by atoms with E-state index in [1.165, 1.54) is 4.70 Å². The van der Waals surface area contributed by atoms with E-state index in [-0.39, 0.29) is 0 Å². The Morgan fingerprint density at radius 3 is 2.76 bits per heavy atom. The fraction of sp³-hybridized carbons (Fsp3) is 0.0769. The van der Waals surface area contributed by atoms with Crippen LogP contribution in [0.2, 0.25) is 5.15 Å². The highest BCUT2D eigenvalue weighted by molar-refractivity contribution is 7.17. The summed E-state index contributed by atoms with van der Waals surface area (Å²) < 4.78 is 1.17. The Morgan fingerprint density at radius 1 is 1.24 bits per heavy atom. The lowest BCUT2D eigenvalue weighted by Gasteiger charge is -2.00. The van der Waals surface area contributed by atoms with Crippen molar-refractivity contribution in [1.82, 2.24) is 9.97 Å². The van der Waals surface area contributed by atoms with Crippen molar-refractivity contribution >= 4 is 33.2 Å². The first-order valence-electron chi connectivity index (χ1n) is 5.20. The summed E-state index contributed by atoms with van der Waals surface area (Å²) in [4.78, 5) is 8.49. The number of hydrogen-bond acceptors (Lipinski definition) is 3. The van der Waals surface area contributed by atoms with Crippen LogP contribution in [0.15, 0.2) is 36.0 Å². The minimum Gasteiger partial charge on any atom is -0.265 e. The summed E-state index contributed by atoms with van der Waals surface area (Å²) in [6.45, 7) is 1.97. The van der Waals surface area contributed by atoms with Crippen LogP contribution in [-0.2, 0) is 0 Å². The quantitative estimate of drug-likeness (QED) is 0.609. The van der Waals surface area contributed by atoms with Crippen LogP contribution in [0.25, 0.3) is 21.3 Å². The van der Waals surface area contributed by atoms with Gasteiger partial charge in [0.05, 0.1) is 10.2 Å². The van der Waals surface area contributed by atoms with Gasteiger partial charge < -0.3 is 0 Å². The molecule has 0 N–H and O–H groups in total. The Morgan fingerprint density at radius 2 is 2.00 bits per heavy atom. The van der Waals surface area contributed by atoms with E-state index in [1.807, 2.05) is 19.1 Å². The molecule has 3 aromatic rings. The highest BCUT2D eigenvalue weighted by Crippen LogP contribution is 2.34. The average molecular weight is 261 g/mol. The molecule has 0 saturated carbocycles. The Kier molecular flexibility index (Phi) is 2.57. The minimum atomic E-state index is 0.575. The van der Waals surface area contributed by atoms with E-state index >= 15 is 0 Å². The molecule has 0 radical (unpaired) electrons. The van der Waals surface area contributed by atoms with E-state index in [9.17, 15) is 0 Å². The van der Waals surface area contributed by atoms with Crippen molar-refractivity contribution in [1.29, 1.82) is 0 Å². The van der Waals surface area contributed by atoms with Gasteiger partial charge in [-0.15, -0.1) is 11.3 Å². The topological polar surface area (TPSA) is 25.8 Å². The molecule has 0 spiro atoms. The van der Waals surface area contributed by atoms with Crippen LogP contribution in [-0.4, -0.2) is 9.97 Å². The van der Waals surface area contributed by atoms with Crippen LogP contribution in [0, 0.1) is 6.92 Å². The number of aryl methyl sites for hydroxylation is 1. The molecule has 0 fully saturated rings. The van der Waals surface area contributed by atoms with Crippen molar-refractivity contribution in [2.24, 2.45) is 0 Å². The molecule has 3 rings (SSSR count). The maximum absolute atomic E-state index is 6.09. The molecule has 17 heavy (non-hydrogen) atoms. The first-order valence-corrected chi connectivity index (χ1v) is 6.46. The zero-order chi connectivity index (χ0) is 11.8. The second-order valence-electron chi connectivity index (χ2n) is 3.83. The van der Waals surface area contributed by atoms with E-state index in [0.717, 1.165) is 22.2 Å². The number of rotatable bonds is 1. The molecule has 0 aliphatic heterocycles. The second kappa shape index (κ2) is 4.09. The lowest BCUT2D eigenvalue weighted by Crippen LogP contribution is -1.83. The third-order valence-corrected chi connectivity index (χ3v) is 3.97. The molecule has 84 valence electrons. The van der Waals surface area contributed by atoms with Gasteiger partial charge >= 0.3 is 0 Å². The van der Waals surface area contributed by atoms with Crippen molar-refractivity contribution in [2.75, 3.05) is 0 Å². The first kappa shape index (κ1) is 10.7. The lowest BCUT2D eigenvalue weighted by molar-refractivity contribution is 1.32. The normalized spacial score (nSPS) is 10.9. The van der Waals surface area contributed by atoms with E-state index in [4.69, 9.17) is 11.6 Å². The van der Waals surface area contributed by atoms with Gasteiger partial charge in [-0.25, -0.2) is 4.98 Å². The summed E-state index contributed by atoms with van der Waals surface area (Å²) in [7, 11) is 0. The number of fused-ring (bicyclic) bond motifs is 1. The second-order valence-corrected chi connectivity index (χ2v) is 5.10. The summed E-state index contributed by atoms with van der Waals surface area (Å²) in [5, 5.41) is 2.69. The maximum Gasteiger partial charge on any atom is 0.132 e. The Hall–Kier alpha value is -1.45. The van der Waals surface area contributed by atoms with Gasteiger partial charge in [-0.2, -0.15) is 0 Å². The molecule has 0 unspecified atom stereocenters. The van der Waals surface area contributed by atoms with Gasteiger partial charge in [0.25, 0.3) is 0 Å². The molecule has 2 nitrogen and oxygen atoms in total. The average Bonchev–Trinajstić information content (AvgIpc) is 2.74. The van der Waals surface area contributed by atoms with Crippen LogP contribution in [0.5, 0.6) is 0 Å². The fourth-order valence-electron chi connectivity index (χ4n) is 1.76. The molecule has 0 bridgehead atoms. The van der Waals surface area contributed by atoms with Gasteiger partial charge in [-0.05, 0) is 36.2 Å². The molecule has 0 aromatic carbocycles. The first-order chi connectivity index (χ1) is 8.25. The molecule has 4 heteroatoms. The fourth-order valence-corrected chi connectivity index (χ4v) is 2.91. The van der Waals surface area contributed by atoms with Crippen LogP contribution in [0.4, 0.5) is 0 Å². The van der Waals surface area contributed by atoms with Gasteiger partial charge in [0, 0.05) is 23.3 Å². The SMILES string of the molecule is Cc1cc2scc(-c3ccncc3)c2nc1Cl. The van der Waals surface area contributed by atoms with Gasteiger partial charge in [0.2, 0.25) is 0 Å². The summed E-state index contributed by atoms with van der Waals surface area (Å²) in [6, 6.07) is 6.05. The van der Waals surface area contributed by atoms with E-state index in [0.29, 0.717) is 5.15 Å². The minimum absolute atomic E-state index is 0.575. The Bertz CT molecular complexity index is 676. The number of nitrogens with zero attached hydrogens (tertiary/aromatic N) is 2. The van der Waals surface area contributed by atoms with Crippen LogP contribution in [0.1, 0.15) is 5.56 Å². The van der Waals surface area contributed by atoms with Crippen molar-refractivity contribution in [3.63, 3.8) is 0 Å². The Labute approximate surface area is 108 Å². The van der Waals surface area contributed by atoms with Crippen LogP contribution < -0.4 is 0 Å². The summed E-state index contributed by atoms with van der Waals surface area (Å²) >= 11 is 7.78. The number of aromatic nitrogens is 2. The van der Waals surface area contributed by atoms with E-state index < -0.39 is 0 Å². The van der Waals surface area contributed by atoms with Crippen molar-refractivity contribution in [3.8, 4) is 11.1 Å². The van der Waals surface area contributed by atoms with Gasteiger partial charge in [0.1, 0.15) is 5.15 Å². The molecule has 0 amide bonds. The zero-order valence-electron chi connectivity index (χ0n) is 9.14. The van der Waals surface area contributed by atoms with Crippen LogP contribution >= 0.6 is 22.9 Å². The zero-order valence-corrected chi connectivity index (χ0v) is 10.7. The van der Waals surface area contributed by atoms with Crippen molar-refractivity contribution in [3.05, 3.63) is 46.7 Å². The third kappa shape index (κ3) is 1.81. The summed E-state index contributed by atoms with van der Waals surface area (Å²) in [6.07, 6.45) is 3.57. The number of pyridine rings is 2. The van der Waals surface area contributed by atoms with Crippen molar-refractivity contribution < 1.29 is 0 Å². The number of hydrogen-bond donors (Lipinski definition) is 0. The summed E-state index contributed by atoms with van der Waals surface area (Å²) in [5.74, 6) is 0. The molecule has 0 aliphatic carbocycles. The molecular weight excluding hydrogens is 252 g/mol.